The van der Waals surface area contributed by atoms with E-state index in [4.69, 9.17) is 14.2 Å². The number of esters is 3. The molecule has 6 nitrogen and oxygen atoms in total. The van der Waals surface area contributed by atoms with Crippen molar-refractivity contribution in [2.45, 2.75) is 309 Å². The average Bonchev–Trinajstić information content (AvgIpc) is 3.28. The summed E-state index contributed by atoms with van der Waals surface area (Å²) in [7, 11) is 0. The van der Waals surface area contributed by atoms with Crippen LogP contribution in [0.25, 0.3) is 0 Å². The second kappa shape index (κ2) is 52.5. The molecule has 0 saturated carbocycles. The largest absolute Gasteiger partial charge is 0.462 e. The van der Waals surface area contributed by atoms with Gasteiger partial charge < -0.3 is 14.2 Å². The van der Waals surface area contributed by atoms with Gasteiger partial charge in [0.25, 0.3) is 0 Å². The van der Waals surface area contributed by atoms with Crippen LogP contribution >= 0.6 is 0 Å². The van der Waals surface area contributed by atoms with Gasteiger partial charge in [-0.2, -0.15) is 0 Å². The predicted octanol–water partition coefficient (Wildman–Crippen LogP) is 18.3. The van der Waals surface area contributed by atoms with Crippen LogP contribution in [0.5, 0.6) is 0 Å². The molecular formula is C57H106O6. The number of allylic oxidation sites excluding steroid dienone is 4. The Bertz CT molecular complexity index is 1020. The smallest absolute Gasteiger partial charge is 0.306 e. The highest BCUT2D eigenvalue weighted by atomic mass is 16.6. The number of rotatable bonds is 51. The van der Waals surface area contributed by atoms with Crippen molar-refractivity contribution >= 4 is 17.9 Å². The molecule has 0 fully saturated rings. The first kappa shape index (κ1) is 60.9. The molecule has 0 radical (unpaired) electrons. The SMILES string of the molecule is CCCCCC/C=C\CCCCCCCC(=O)OC[C@@H](COC(=O)CCCCCCCCCCC/C=C\CCCCCCCC)OC(=O)CCCCCCCCCCCCCCC. The Balaban J connectivity index is 4.30. The Morgan fingerprint density at radius 3 is 0.810 bits per heavy atom. The molecule has 0 rings (SSSR count). The van der Waals surface area contributed by atoms with Gasteiger partial charge in [-0.15, -0.1) is 0 Å². The van der Waals surface area contributed by atoms with Crippen molar-refractivity contribution in [1.29, 1.82) is 0 Å². The monoisotopic (exact) mass is 887 g/mol. The highest BCUT2D eigenvalue weighted by molar-refractivity contribution is 5.71. The van der Waals surface area contributed by atoms with E-state index in [-0.39, 0.29) is 31.1 Å². The average molecular weight is 887 g/mol. The fourth-order valence-corrected chi connectivity index (χ4v) is 8.20. The molecule has 0 aliphatic heterocycles. The van der Waals surface area contributed by atoms with Crippen LogP contribution in [0.2, 0.25) is 0 Å². The summed E-state index contributed by atoms with van der Waals surface area (Å²) in [6.07, 6.45) is 60.2. The number of hydrogen-bond donors (Lipinski definition) is 0. The Hall–Kier alpha value is -2.11. The summed E-state index contributed by atoms with van der Waals surface area (Å²) < 4.78 is 16.8. The first-order valence-electron chi connectivity index (χ1n) is 27.8. The van der Waals surface area contributed by atoms with Crippen LogP contribution < -0.4 is 0 Å². The summed E-state index contributed by atoms with van der Waals surface area (Å²) in [5.41, 5.74) is 0. The lowest BCUT2D eigenvalue weighted by Crippen LogP contribution is -2.30. The molecule has 0 aliphatic carbocycles. The van der Waals surface area contributed by atoms with Crippen molar-refractivity contribution in [2.75, 3.05) is 13.2 Å². The summed E-state index contributed by atoms with van der Waals surface area (Å²) in [6, 6.07) is 0. The third kappa shape index (κ3) is 50.7. The van der Waals surface area contributed by atoms with Crippen LogP contribution in [0.15, 0.2) is 24.3 Å². The van der Waals surface area contributed by atoms with Crippen LogP contribution in [0, 0.1) is 0 Å². The molecular weight excluding hydrogens is 781 g/mol. The molecule has 63 heavy (non-hydrogen) atoms. The lowest BCUT2D eigenvalue weighted by molar-refractivity contribution is -0.167. The molecule has 0 amide bonds. The summed E-state index contributed by atoms with van der Waals surface area (Å²) in [6.45, 7) is 6.65. The molecule has 1 atom stereocenters. The van der Waals surface area contributed by atoms with E-state index in [1.165, 1.54) is 199 Å². The Kier molecular flexibility index (Phi) is 50.8. The van der Waals surface area contributed by atoms with E-state index in [0.717, 1.165) is 64.2 Å². The minimum absolute atomic E-state index is 0.0709. The molecule has 0 unspecified atom stereocenters. The van der Waals surface area contributed by atoms with Crippen molar-refractivity contribution in [3.05, 3.63) is 24.3 Å². The lowest BCUT2D eigenvalue weighted by Gasteiger charge is -2.18. The summed E-state index contributed by atoms with van der Waals surface area (Å²) in [5.74, 6) is -0.865. The van der Waals surface area contributed by atoms with E-state index >= 15 is 0 Å². The van der Waals surface area contributed by atoms with Crippen LogP contribution in [-0.4, -0.2) is 37.2 Å². The van der Waals surface area contributed by atoms with E-state index in [2.05, 4.69) is 45.1 Å². The van der Waals surface area contributed by atoms with Crippen molar-refractivity contribution < 1.29 is 28.6 Å². The predicted molar refractivity (Wildman–Crippen MR) is 270 cm³/mol. The number of unbranched alkanes of at least 4 members (excludes halogenated alkanes) is 36. The maximum atomic E-state index is 12.8. The molecule has 0 aromatic carbocycles. The van der Waals surface area contributed by atoms with Crippen molar-refractivity contribution in [3.8, 4) is 0 Å². The Morgan fingerprint density at radius 1 is 0.302 bits per heavy atom. The number of carbonyl (C=O) groups excluding carboxylic acids is 3. The number of hydrogen-bond acceptors (Lipinski definition) is 6. The van der Waals surface area contributed by atoms with E-state index in [0.29, 0.717) is 19.3 Å². The van der Waals surface area contributed by atoms with Crippen molar-refractivity contribution in [1.82, 2.24) is 0 Å². The van der Waals surface area contributed by atoms with Crippen molar-refractivity contribution in [2.24, 2.45) is 0 Å². The van der Waals surface area contributed by atoms with Gasteiger partial charge in [0, 0.05) is 19.3 Å². The van der Waals surface area contributed by atoms with E-state index in [1.54, 1.807) is 0 Å². The van der Waals surface area contributed by atoms with Crippen LogP contribution in [0.3, 0.4) is 0 Å². The zero-order valence-corrected chi connectivity index (χ0v) is 42.4. The van der Waals surface area contributed by atoms with Gasteiger partial charge >= 0.3 is 17.9 Å². The van der Waals surface area contributed by atoms with Gasteiger partial charge in [-0.25, -0.2) is 0 Å². The van der Waals surface area contributed by atoms with E-state index in [9.17, 15) is 14.4 Å². The maximum absolute atomic E-state index is 12.8. The highest BCUT2D eigenvalue weighted by Gasteiger charge is 2.19. The second-order valence-corrected chi connectivity index (χ2v) is 18.8. The van der Waals surface area contributed by atoms with Gasteiger partial charge in [0.15, 0.2) is 6.10 Å². The molecule has 0 spiro atoms. The van der Waals surface area contributed by atoms with E-state index < -0.39 is 6.10 Å². The highest BCUT2D eigenvalue weighted by Crippen LogP contribution is 2.16. The third-order valence-electron chi connectivity index (χ3n) is 12.4. The third-order valence-corrected chi connectivity index (χ3v) is 12.4. The van der Waals surface area contributed by atoms with Gasteiger partial charge in [-0.3, -0.25) is 14.4 Å². The second-order valence-electron chi connectivity index (χ2n) is 18.8. The first-order chi connectivity index (χ1) is 31.0. The molecule has 0 N–H and O–H groups in total. The molecule has 0 aromatic heterocycles. The first-order valence-corrected chi connectivity index (χ1v) is 27.8. The fourth-order valence-electron chi connectivity index (χ4n) is 8.20. The van der Waals surface area contributed by atoms with Gasteiger partial charge in [0.05, 0.1) is 0 Å². The van der Waals surface area contributed by atoms with Crippen LogP contribution in [0.4, 0.5) is 0 Å². The minimum Gasteiger partial charge on any atom is -0.462 e. The lowest BCUT2D eigenvalue weighted by atomic mass is 10.0. The Morgan fingerprint density at radius 2 is 0.524 bits per heavy atom. The molecule has 0 bridgehead atoms. The van der Waals surface area contributed by atoms with Gasteiger partial charge in [0.1, 0.15) is 13.2 Å². The quantitative estimate of drug-likeness (QED) is 0.0262. The normalized spacial score (nSPS) is 12.1. The molecule has 0 aromatic rings. The topological polar surface area (TPSA) is 78.9 Å². The van der Waals surface area contributed by atoms with Crippen LogP contribution in [0.1, 0.15) is 303 Å². The summed E-state index contributed by atoms with van der Waals surface area (Å²) in [4.78, 5) is 38.0. The number of carbonyl (C=O) groups is 3. The van der Waals surface area contributed by atoms with Gasteiger partial charge in [0.2, 0.25) is 0 Å². The minimum atomic E-state index is -0.770. The molecule has 0 aliphatic rings. The van der Waals surface area contributed by atoms with Gasteiger partial charge in [-0.05, 0) is 70.6 Å². The fraction of sp³-hybridized carbons (Fsp3) is 0.877. The zero-order valence-electron chi connectivity index (χ0n) is 42.4. The molecule has 370 valence electrons. The van der Waals surface area contributed by atoms with Crippen LogP contribution in [-0.2, 0) is 28.6 Å². The summed E-state index contributed by atoms with van der Waals surface area (Å²) >= 11 is 0. The maximum Gasteiger partial charge on any atom is 0.306 e. The van der Waals surface area contributed by atoms with Crippen molar-refractivity contribution in [3.63, 3.8) is 0 Å². The van der Waals surface area contributed by atoms with E-state index in [1.807, 2.05) is 0 Å². The standard InChI is InChI=1S/C57H106O6/c1-4-7-10-13-16-19-22-25-26-27-28-29-30-33-35-38-41-44-47-50-56(59)62-53-54(63-57(60)51-48-45-42-39-36-32-24-21-18-15-12-9-6-3)52-61-55(58)49-46-43-40-37-34-31-23-20-17-14-11-8-5-2/h20,23,25-26,54H,4-19,21-22,24,27-53H2,1-3H3/b23-20-,26-25-/t54-/m0/s1. The number of ether oxygens (including phenoxy) is 3. The Labute approximate surface area is 392 Å². The molecule has 6 heteroatoms. The summed E-state index contributed by atoms with van der Waals surface area (Å²) in [5, 5.41) is 0. The van der Waals surface area contributed by atoms with Gasteiger partial charge in [-0.1, -0.05) is 238 Å². The zero-order chi connectivity index (χ0) is 45.8. The molecule has 0 heterocycles. The molecule has 0 saturated heterocycles.